The first-order valence-corrected chi connectivity index (χ1v) is 10.2. The minimum Gasteiger partial charge on any atom is -0.493 e. The topological polar surface area (TPSA) is 38.3 Å². The number of ether oxygens (including phenoxy) is 1. The molecule has 0 unspecified atom stereocenters. The maximum absolute atomic E-state index is 13.1. The summed E-state index contributed by atoms with van der Waals surface area (Å²) in [5, 5.41) is 5.16. The fourth-order valence-electron chi connectivity index (χ4n) is 3.42. The van der Waals surface area contributed by atoms with Gasteiger partial charge in [-0.1, -0.05) is 66.6 Å². The fraction of sp³-hybridized carbons (Fsp3) is 0.269. The smallest absolute Gasteiger partial charge is 0.167 e. The van der Waals surface area contributed by atoms with Gasteiger partial charge in [-0.25, -0.2) is 0 Å². The first-order chi connectivity index (χ1) is 14.3. The van der Waals surface area contributed by atoms with Crippen molar-refractivity contribution < 1.29 is 9.53 Å². The quantitative estimate of drug-likeness (QED) is 0.286. The highest BCUT2D eigenvalue weighted by Gasteiger charge is 2.16. The van der Waals surface area contributed by atoms with Crippen LogP contribution in [0.1, 0.15) is 35.2 Å². The van der Waals surface area contributed by atoms with Gasteiger partial charge in [0.1, 0.15) is 5.75 Å². The number of hydrogen-bond acceptors (Lipinski definition) is 3. The number of carbonyl (C=O) groups excluding carboxylic acids is 1. The van der Waals surface area contributed by atoms with Gasteiger partial charge in [0, 0.05) is 6.42 Å². The Hall–Kier alpha value is -3.09. The van der Waals surface area contributed by atoms with Crippen LogP contribution in [0.2, 0.25) is 0 Å². The molecule has 0 saturated heterocycles. The molecular formula is C26H27NO2. The van der Waals surface area contributed by atoms with Crippen LogP contribution < -0.4 is 10.1 Å². The van der Waals surface area contributed by atoms with E-state index in [0.717, 1.165) is 36.6 Å². The van der Waals surface area contributed by atoms with E-state index in [1.165, 1.54) is 5.56 Å². The van der Waals surface area contributed by atoms with Gasteiger partial charge in [0.15, 0.2) is 5.78 Å². The number of ketones is 1. The fourth-order valence-corrected chi connectivity index (χ4v) is 3.42. The lowest BCUT2D eigenvalue weighted by atomic mass is 9.96. The van der Waals surface area contributed by atoms with Crippen molar-refractivity contribution >= 4 is 16.6 Å². The van der Waals surface area contributed by atoms with Crippen LogP contribution in [0.3, 0.4) is 0 Å². The summed E-state index contributed by atoms with van der Waals surface area (Å²) in [6.45, 7) is 1.89. The molecule has 0 aliphatic rings. The van der Waals surface area contributed by atoms with Crippen LogP contribution in [0.4, 0.5) is 0 Å². The molecule has 0 aromatic heterocycles. The molecule has 3 rings (SSSR count). The molecule has 1 N–H and O–H groups in total. The van der Waals surface area contributed by atoms with Gasteiger partial charge < -0.3 is 10.1 Å². The molecule has 0 aliphatic carbocycles. The Bertz CT molecular complexity index is 973. The van der Waals surface area contributed by atoms with Gasteiger partial charge in [-0.15, -0.1) is 6.42 Å². The molecule has 0 saturated carbocycles. The molecule has 0 heterocycles. The van der Waals surface area contributed by atoms with Crippen molar-refractivity contribution in [2.75, 3.05) is 19.7 Å². The summed E-state index contributed by atoms with van der Waals surface area (Å²) in [5.41, 5.74) is 1.96. The van der Waals surface area contributed by atoms with E-state index in [4.69, 9.17) is 11.2 Å². The number of nitrogens with one attached hydrogen (secondary N) is 1. The van der Waals surface area contributed by atoms with Gasteiger partial charge >= 0.3 is 0 Å². The third-order valence-electron chi connectivity index (χ3n) is 4.86. The first kappa shape index (κ1) is 20.6. The molecule has 0 amide bonds. The van der Waals surface area contributed by atoms with Crippen molar-refractivity contribution in [3.8, 4) is 18.1 Å². The monoisotopic (exact) mass is 385 g/mol. The van der Waals surface area contributed by atoms with Crippen molar-refractivity contribution in [1.29, 1.82) is 0 Å². The molecule has 0 spiro atoms. The molecule has 29 heavy (non-hydrogen) atoms. The number of carbonyl (C=O) groups is 1. The highest BCUT2D eigenvalue weighted by Crippen LogP contribution is 2.30. The van der Waals surface area contributed by atoms with Crippen molar-refractivity contribution in [3.05, 3.63) is 77.9 Å². The number of benzene rings is 3. The molecule has 3 aromatic carbocycles. The average molecular weight is 386 g/mol. The minimum absolute atomic E-state index is 0.137. The molecular weight excluding hydrogens is 358 g/mol. The van der Waals surface area contributed by atoms with Gasteiger partial charge in [-0.3, -0.25) is 4.79 Å². The zero-order valence-corrected chi connectivity index (χ0v) is 16.7. The summed E-state index contributed by atoms with van der Waals surface area (Å²) in [4.78, 5) is 13.1. The zero-order valence-electron chi connectivity index (χ0n) is 16.7. The van der Waals surface area contributed by atoms with E-state index >= 15 is 0 Å². The maximum Gasteiger partial charge on any atom is 0.167 e. The number of Topliss-reactive ketones (excluding diaryl/α,β-unsaturated/α-hetero) is 1. The SMILES string of the molecule is C#CCNCCCOc1ccc2ccccc2c1C(=O)CCCc1ccccc1. The van der Waals surface area contributed by atoms with E-state index < -0.39 is 0 Å². The Morgan fingerprint density at radius 3 is 2.59 bits per heavy atom. The second kappa shape index (κ2) is 11.0. The Morgan fingerprint density at radius 1 is 0.966 bits per heavy atom. The van der Waals surface area contributed by atoms with E-state index in [9.17, 15) is 4.79 Å². The lowest BCUT2D eigenvalue weighted by Gasteiger charge is -2.14. The van der Waals surface area contributed by atoms with Gasteiger partial charge in [0.25, 0.3) is 0 Å². The van der Waals surface area contributed by atoms with Crippen LogP contribution in [-0.2, 0) is 6.42 Å². The molecule has 0 aliphatic heterocycles. The highest BCUT2D eigenvalue weighted by molar-refractivity contribution is 6.10. The van der Waals surface area contributed by atoms with Gasteiger partial charge in [0.2, 0.25) is 0 Å². The summed E-state index contributed by atoms with van der Waals surface area (Å²) in [7, 11) is 0. The normalized spacial score (nSPS) is 10.6. The highest BCUT2D eigenvalue weighted by atomic mass is 16.5. The molecule has 3 aromatic rings. The van der Waals surface area contributed by atoms with E-state index in [1.807, 2.05) is 54.6 Å². The van der Waals surface area contributed by atoms with Crippen molar-refractivity contribution in [1.82, 2.24) is 5.32 Å². The lowest BCUT2D eigenvalue weighted by Crippen LogP contribution is -2.17. The molecule has 0 radical (unpaired) electrons. The number of rotatable bonds is 11. The number of hydrogen-bond donors (Lipinski definition) is 1. The maximum atomic E-state index is 13.1. The van der Waals surface area contributed by atoms with Crippen LogP contribution in [0.5, 0.6) is 5.75 Å². The Kier molecular flexibility index (Phi) is 7.86. The predicted molar refractivity (Wildman–Crippen MR) is 119 cm³/mol. The summed E-state index contributed by atoms with van der Waals surface area (Å²) < 4.78 is 6.00. The van der Waals surface area contributed by atoms with Gasteiger partial charge in [0.05, 0.1) is 18.7 Å². The van der Waals surface area contributed by atoms with Crippen molar-refractivity contribution in [3.63, 3.8) is 0 Å². The number of terminal acetylenes is 1. The van der Waals surface area contributed by atoms with Crippen LogP contribution in [-0.4, -0.2) is 25.5 Å². The molecule has 3 nitrogen and oxygen atoms in total. The minimum atomic E-state index is 0.137. The van der Waals surface area contributed by atoms with Gasteiger partial charge in [-0.05, 0) is 48.2 Å². The van der Waals surface area contributed by atoms with Crippen LogP contribution in [0, 0.1) is 12.3 Å². The Balaban J connectivity index is 1.69. The second-order valence-electron chi connectivity index (χ2n) is 7.01. The largest absolute Gasteiger partial charge is 0.493 e. The van der Waals surface area contributed by atoms with Gasteiger partial charge in [-0.2, -0.15) is 0 Å². The molecule has 0 fully saturated rings. The van der Waals surface area contributed by atoms with E-state index in [0.29, 0.717) is 30.9 Å². The van der Waals surface area contributed by atoms with Crippen molar-refractivity contribution in [2.45, 2.75) is 25.7 Å². The predicted octanol–water partition coefficient (Wildman–Crippen LogP) is 5.04. The number of fused-ring (bicyclic) bond motifs is 1. The van der Waals surface area contributed by atoms with Crippen LogP contribution in [0.15, 0.2) is 66.7 Å². The summed E-state index contributed by atoms with van der Waals surface area (Å²) in [5.74, 6) is 3.36. The summed E-state index contributed by atoms with van der Waals surface area (Å²) >= 11 is 0. The standard InChI is InChI=1S/C26H27NO2/c1-2-18-27-19-9-20-29-25-17-16-22-13-6-7-14-23(22)26(25)24(28)15-8-12-21-10-4-3-5-11-21/h1,3-7,10-11,13-14,16-17,27H,8-9,12,15,18-20H2. The third kappa shape index (κ3) is 5.94. The second-order valence-corrected chi connectivity index (χ2v) is 7.01. The third-order valence-corrected chi connectivity index (χ3v) is 4.86. The zero-order chi connectivity index (χ0) is 20.3. The summed E-state index contributed by atoms with van der Waals surface area (Å²) in [6, 6.07) is 22.2. The lowest BCUT2D eigenvalue weighted by molar-refractivity contribution is 0.0978. The van der Waals surface area contributed by atoms with Crippen LogP contribution in [0.25, 0.3) is 10.8 Å². The number of aryl methyl sites for hydroxylation is 1. The first-order valence-electron chi connectivity index (χ1n) is 10.2. The average Bonchev–Trinajstić information content (AvgIpc) is 2.76. The summed E-state index contributed by atoms with van der Waals surface area (Å²) in [6.07, 6.45) is 8.29. The van der Waals surface area contributed by atoms with E-state index in [-0.39, 0.29) is 5.78 Å². The van der Waals surface area contributed by atoms with E-state index in [1.54, 1.807) is 0 Å². The molecule has 0 bridgehead atoms. The Labute approximate surface area is 173 Å². The molecule has 148 valence electrons. The molecule has 0 atom stereocenters. The Morgan fingerprint density at radius 2 is 1.76 bits per heavy atom. The molecule has 3 heteroatoms. The van der Waals surface area contributed by atoms with Crippen LogP contribution >= 0.6 is 0 Å². The van der Waals surface area contributed by atoms with E-state index in [2.05, 4.69) is 23.4 Å². The van der Waals surface area contributed by atoms with Crippen molar-refractivity contribution in [2.24, 2.45) is 0 Å².